The van der Waals surface area contributed by atoms with Crippen molar-refractivity contribution in [2.24, 2.45) is 0 Å². The zero-order chi connectivity index (χ0) is 12.3. The molecule has 88 valence electrons. The van der Waals surface area contributed by atoms with Gasteiger partial charge in [-0.15, -0.1) is 0 Å². The molecule has 0 saturated heterocycles. The molecule has 2 nitrogen and oxygen atoms in total. The smallest absolute Gasteiger partial charge is 0.123 e. The molecular weight excluding hydrogens is 212 g/mol. The second-order valence-electron chi connectivity index (χ2n) is 4.07. The molecule has 0 aliphatic rings. The molecule has 0 unspecified atom stereocenters. The molecule has 0 aliphatic carbocycles. The Morgan fingerprint density at radius 2 is 1.53 bits per heavy atom. The third-order valence-electron chi connectivity index (χ3n) is 2.83. The summed E-state index contributed by atoms with van der Waals surface area (Å²) in [5.41, 5.74) is 2.50. The summed E-state index contributed by atoms with van der Waals surface area (Å²) in [6.07, 6.45) is 1.68. The summed E-state index contributed by atoms with van der Waals surface area (Å²) in [4.78, 5) is 0. The van der Waals surface area contributed by atoms with E-state index in [2.05, 4.69) is 6.92 Å². The summed E-state index contributed by atoms with van der Waals surface area (Å²) in [5.74, 6) is 0.473. The Bertz CT molecular complexity index is 504. The summed E-state index contributed by atoms with van der Waals surface area (Å²) in [7, 11) is 0. The minimum Gasteiger partial charge on any atom is -0.508 e. The standard InChI is InChI=1S/C15H16O2/c1-2-6-12-13(16)9-10-14(17)15(12)11-7-4-3-5-8-11/h3-5,7-10,16-17H,2,6H2,1H3. The maximum atomic E-state index is 9.98. The van der Waals surface area contributed by atoms with Crippen molar-refractivity contribution in [2.45, 2.75) is 19.8 Å². The van der Waals surface area contributed by atoms with Crippen LogP contribution in [-0.2, 0) is 6.42 Å². The van der Waals surface area contributed by atoms with Crippen LogP contribution in [-0.4, -0.2) is 10.2 Å². The minimum absolute atomic E-state index is 0.220. The molecule has 0 heterocycles. The van der Waals surface area contributed by atoms with Gasteiger partial charge in [0, 0.05) is 11.1 Å². The molecule has 0 aromatic heterocycles. The fourth-order valence-corrected chi connectivity index (χ4v) is 2.05. The molecule has 2 aromatic carbocycles. The fraction of sp³-hybridized carbons (Fsp3) is 0.200. The highest BCUT2D eigenvalue weighted by atomic mass is 16.3. The molecule has 0 aliphatic heterocycles. The first kappa shape index (κ1) is 11.5. The van der Waals surface area contributed by atoms with Crippen LogP contribution in [0, 0.1) is 0 Å². The number of phenols is 2. The van der Waals surface area contributed by atoms with Crippen LogP contribution in [0.4, 0.5) is 0 Å². The molecule has 2 rings (SSSR count). The van der Waals surface area contributed by atoms with Crippen LogP contribution in [0.3, 0.4) is 0 Å². The van der Waals surface area contributed by atoms with E-state index < -0.39 is 0 Å². The van der Waals surface area contributed by atoms with Gasteiger partial charge in [-0.2, -0.15) is 0 Å². The van der Waals surface area contributed by atoms with Crippen LogP contribution in [0.1, 0.15) is 18.9 Å². The summed E-state index contributed by atoms with van der Waals surface area (Å²) in [6, 6.07) is 12.7. The van der Waals surface area contributed by atoms with Gasteiger partial charge in [-0.1, -0.05) is 43.7 Å². The summed E-state index contributed by atoms with van der Waals surface area (Å²) < 4.78 is 0. The predicted molar refractivity (Wildman–Crippen MR) is 69.2 cm³/mol. The molecule has 2 aromatic rings. The van der Waals surface area contributed by atoms with Crippen LogP contribution in [0.15, 0.2) is 42.5 Å². The van der Waals surface area contributed by atoms with Crippen LogP contribution in [0.2, 0.25) is 0 Å². The molecule has 2 heteroatoms. The molecule has 0 bridgehead atoms. The molecule has 0 spiro atoms. The van der Waals surface area contributed by atoms with Crippen molar-refractivity contribution in [3.8, 4) is 22.6 Å². The molecular formula is C15H16O2. The quantitative estimate of drug-likeness (QED) is 0.786. The van der Waals surface area contributed by atoms with Gasteiger partial charge in [-0.25, -0.2) is 0 Å². The fourth-order valence-electron chi connectivity index (χ4n) is 2.05. The van der Waals surface area contributed by atoms with E-state index in [1.54, 1.807) is 6.07 Å². The van der Waals surface area contributed by atoms with Gasteiger partial charge in [0.2, 0.25) is 0 Å². The van der Waals surface area contributed by atoms with Gasteiger partial charge in [0.25, 0.3) is 0 Å². The Morgan fingerprint density at radius 1 is 0.882 bits per heavy atom. The molecule has 0 atom stereocenters. The molecule has 17 heavy (non-hydrogen) atoms. The Kier molecular flexibility index (Phi) is 3.33. The van der Waals surface area contributed by atoms with Crippen molar-refractivity contribution in [1.29, 1.82) is 0 Å². The third kappa shape index (κ3) is 2.26. The number of benzene rings is 2. The first-order valence-corrected chi connectivity index (χ1v) is 5.83. The highest BCUT2D eigenvalue weighted by Gasteiger charge is 2.13. The third-order valence-corrected chi connectivity index (χ3v) is 2.83. The molecule has 0 saturated carbocycles. The van der Waals surface area contributed by atoms with Gasteiger partial charge in [-0.3, -0.25) is 0 Å². The van der Waals surface area contributed by atoms with E-state index >= 15 is 0 Å². The van der Waals surface area contributed by atoms with Crippen molar-refractivity contribution in [3.05, 3.63) is 48.0 Å². The van der Waals surface area contributed by atoms with E-state index in [0.29, 0.717) is 0 Å². The average molecular weight is 228 g/mol. The first-order valence-electron chi connectivity index (χ1n) is 5.83. The zero-order valence-corrected chi connectivity index (χ0v) is 9.85. The Labute approximate surface area is 101 Å². The highest BCUT2D eigenvalue weighted by Crippen LogP contribution is 2.37. The van der Waals surface area contributed by atoms with Crippen LogP contribution < -0.4 is 0 Å². The molecule has 0 amide bonds. The normalized spacial score (nSPS) is 10.4. The second-order valence-corrected chi connectivity index (χ2v) is 4.07. The number of rotatable bonds is 3. The van der Waals surface area contributed by atoms with Gasteiger partial charge in [0.05, 0.1) is 0 Å². The Hall–Kier alpha value is -1.96. The average Bonchev–Trinajstić information content (AvgIpc) is 2.35. The van der Waals surface area contributed by atoms with Crippen LogP contribution in [0.25, 0.3) is 11.1 Å². The van der Waals surface area contributed by atoms with Crippen molar-refractivity contribution in [2.75, 3.05) is 0 Å². The Balaban J connectivity index is 2.63. The lowest BCUT2D eigenvalue weighted by Gasteiger charge is -2.13. The van der Waals surface area contributed by atoms with E-state index in [4.69, 9.17) is 0 Å². The van der Waals surface area contributed by atoms with Crippen LogP contribution in [0.5, 0.6) is 11.5 Å². The topological polar surface area (TPSA) is 40.5 Å². The van der Waals surface area contributed by atoms with Gasteiger partial charge in [-0.05, 0) is 24.1 Å². The summed E-state index contributed by atoms with van der Waals surface area (Å²) in [6.45, 7) is 2.05. The lowest BCUT2D eigenvalue weighted by molar-refractivity contribution is 0.455. The lowest BCUT2D eigenvalue weighted by atomic mass is 9.95. The SMILES string of the molecule is CCCc1c(O)ccc(O)c1-c1ccccc1. The van der Waals surface area contributed by atoms with E-state index in [1.165, 1.54) is 6.07 Å². The van der Waals surface area contributed by atoms with Gasteiger partial charge in [0.1, 0.15) is 11.5 Å². The van der Waals surface area contributed by atoms with Gasteiger partial charge >= 0.3 is 0 Å². The zero-order valence-electron chi connectivity index (χ0n) is 9.85. The van der Waals surface area contributed by atoms with Gasteiger partial charge < -0.3 is 10.2 Å². The van der Waals surface area contributed by atoms with E-state index in [0.717, 1.165) is 29.5 Å². The van der Waals surface area contributed by atoms with E-state index in [9.17, 15) is 10.2 Å². The molecule has 0 fully saturated rings. The maximum Gasteiger partial charge on any atom is 0.123 e. The van der Waals surface area contributed by atoms with Crippen molar-refractivity contribution in [1.82, 2.24) is 0 Å². The highest BCUT2D eigenvalue weighted by molar-refractivity contribution is 5.76. The minimum atomic E-state index is 0.220. The number of aromatic hydroxyl groups is 2. The lowest BCUT2D eigenvalue weighted by Crippen LogP contribution is -1.91. The van der Waals surface area contributed by atoms with Gasteiger partial charge in [0.15, 0.2) is 0 Å². The molecule has 2 N–H and O–H groups in total. The van der Waals surface area contributed by atoms with E-state index in [1.807, 2.05) is 30.3 Å². The monoisotopic (exact) mass is 228 g/mol. The van der Waals surface area contributed by atoms with Crippen molar-refractivity contribution in [3.63, 3.8) is 0 Å². The molecule has 0 radical (unpaired) electrons. The van der Waals surface area contributed by atoms with Crippen LogP contribution >= 0.6 is 0 Å². The summed E-state index contributed by atoms with van der Waals surface area (Å²) in [5, 5.41) is 19.9. The van der Waals surface area contributed by atoms with Crippen molar-refractivity contribution >= 4 is 0 Å². The van der Waals surface area contributed by atoms with Crippen molar-refractivity contribution < 1.29 is 10.2 Å². The summed E-state index contributed by atoms with van der Waals surface area (Å²) >= 11 is 0. The first-order chi connectivity index (χ1) is 8.24. The number of phenolic OH excluding ortho intramolecular Hbond substituents is 2. The number of hydrogen-bond acceptors (Lipinski definition) is 2. The maximum absolute atomic E-state index is 9.98. The predicted octanol–water partition coefficient (Wildman–Crippen LogP) is 3.72. The largest absolute Gasteiger partial charge is 0.508 e. The number of hydrogen-bond donors (Lipinski definition) is 2. The van der Waals surface area contributed by atoms with E-state index in [-0.39, 0.29) is 11.5 Å². The second kappa shape index (κ2) is 4.91. The Morgan fingerprint density at radius 3 is 2.18 bits per heavy atom.